The number of nitrogens with one attached hydrogen (secondary N) is 1. The predicted molar refractivity (Wildman–Crippen MR) is 68.8 cm³/mol. The van der Waals surface area contributed by atoms with Crippen LogP contribution in [0.2, 0.25) is 0 Å². The lowest BCUT2D eigenvalue weighted by Crippen LogP contribution is -2.51. The molecule has 8 heteroatoms. The molecule has 2 aliphatic rings. The molecule has 1 aromatic rings. The highest BCUT2D eigenvalue weighted by Gasteiger charge is 2.48. The molecule has 2 saturated carbocycles. The fraction of sp³-hybridized carbons (Fsp3) is 0.818. The van der Waals surface area contributed by atoms with Gasteiger partial charge in [0.1, 0.15) is 5.54 Å². The van der Waals surface area contributed by atoms with Gasteiger partial charge in [-0.1, -0.05) is 11.8 Å². The second-order valence-corrected chi connectivity index (χ2v) is 6.64. The summed E-state index contributed by atoms with van der Waals surface area (Å²) in [7, 11) is 1.80. The van der Waals surface area contributed by atoms with Crippen LogP contribution in [0, 0.1) is 0 Å². The number of hydrogen-bond acceptors (Lipinski definition) is 6. The van der Waals surface area contributed by atoms with Crippen LogP contribution < -0.4 is 5.32 Å². The number of carboxylic acid groups (broad SMARTS) is 1. The van der Waals surface area contributed by atoms with Crippen LogP contribution in [-0.2, 0) is 11.8 Å². The number of tetrazole rings is 1. The SMILES string of the molecule is Cn1nnnc1SC1CCC(NC2CC2)(C(=O)O)C1. The summed E-state index contributed by atoms with van der Waals surface area (Å²) in [6.07, 6.45) is 4.39. The van der Waals surface area contributed by atoms with Crippen LogP contribution >= 0.6 is 11.8 Å². The van der Waals surface area contributed by atoms with E-state index in [1.54, 1.807) is 23.5 Å². The number of carbonyl (C=O) groups is 1. The molecule has 0 radical (unpaired) electrons. The molecule has 0 bridgehead atoms. The summed E-state index contributed by atoms with van der Waals surface area (Å²) < 4.78 is 1.62. The summed E-state index contributed by atoms with van der Waals surface area (Å²) in [6.45, 7) is 0. The van der Waals surface area contributed by atoms with E-state index in [9.17, 15) is 9.90 Å². The number of aliphatic carboxylic acids is 1. The standard InChI is InChI=1S/C11H17N5O2S/c1-16-10(13-14-15-16)19-8-4-5-11(6-8,9(17)18)12-7-2-3-7/h7-8,12H,2-6H2,1H3,(H,17,18). The summed E-state index contributed by atoms with van der Waals surface area (Å²) in [5.41, 5.74) is -0.745. The molecule has 0 aliphatic heterocycles. The van der Waals surface area contributed by atoms with Gasteiger partial charge in [0, 0.05) is 18.3 Å². The Kier molecular flexibility index (Phi) is 3.22. The minimum absolute atomic E-state index is 0.257. The van der Waals surface area contributed by atoms with Gasteiger partial charge in [-0.25, -0.2) is 4.68 Å². The minimum atomic E-state index is -0.745. The first kappa shape index (κ1) is 12.9. The molecule has 7 nitrogen and oxygen atoms in total. The van der Waals surface area contributed by atoms with Crippen molar-refractivity contribution in [1.82, 2.24) is 25.5 Å². The molecular weight excluding hydrogens is 266 g/mol. The van der Waals surface area contributed by atoms with Gasteiger partial charge in [-0.2, -0.15) is 0 Å². The van der Waals surface area contributed by atoms with Crippen molar-refractivity contribution >= 4 is 17.7 Å². The lowest BCUT2D eigenvalue weighted by molar-refractivity contribution is -0.144. The Bertz CT molecular complexity index is 489. The number of rotatable bonds is 5. The highest BCUT2D eigenvalue weighted by Crippen LogP contribution is 2.41. The van der Waals surface area contributed by atoms with Gasteiger partial charge in [-0.15, -0.1) is 5.10 Å². The van der Waals surface area contributed by atoms with Crippen LogP contribution in [0.25, 0.3) is 0 Å². The average molecular weight is 283 g/mol. The number of carboxylic acids is 1. The molecule has 0 spiro atoms. The van der Waals surface area contributed by atoms with E-state index >= 15 is 0 Å². The van der Waals surface area contributed by atoms with E-state index in [2.05, 4.69) is 20.8 Å². The van der Waals surface area contributed by atoms with E-state index < -0.39 is 11.5 Å². The van der Waals surface area contributed by atoms with E-state index in [1.807, 2.05) is 0 Å². The van der Waals surface area contributed by atoms with Crippen molar-refractivity contribution in [3.63, 3.8) is 0 Å². The smallest absolute Gasteiger partial charge is 0.323 e. The van der Waals surface area contributed by atoms with Crippen LogP contribution in [-0.4, -0.2) is 48.1 Å². The normalized spacial score (nSPS) is 30.7. The van der Waals surface area contributed by atoms with Gasteiger partial charge in [-0.3, -0.25) is 10.1 Å². The molecule has 2 fully saturated rings. The van der Waals surface area contributed by atoms with Crippen molar-refractivity contribution in [1.29, 1.82) is 0 Å². The summed E-state index contributed by atoms with van der Waals surface area (Å²) in [4.78, 5) is 11.6. The Balaban J connectivity index is 1.67. The summed E-state index contributed by atoms with van der Waals surface area (Å²) >= 11 is 1.58. The van der Waals surface area contributed by atoms with Crippen molar-refractivity contribution in [2.45, 2.75) is 54.1 Å². The van der Waals surface area contributed by atoms with Gasteiger partial charge >= 0.3 is 5.97 Å². The van der Waals surface area contributed by atoms with Crippen LogP contribution in [0.4, 0.5) is 0 Å². The highest BCUT2D eigenvalue weighted by molar-refractivity contribution is 7.99. The molecule has 2 unspecified atom stereocenters. The molecule has 1 heterocycles. The molecule has 104 valence electrons. The highest BCUT2D eigenvalue weighted by atomic mass is 32.2. The lowest BCUT2D eigenvalue weighted by atomic mass is 9.98. The van der Waals surface area contributed by atoms with Gasteiger partial charge in [0.15, 0.2) is 0 Å². The predicted octanol–water partition coefficient (Wildman–Crippen LogP) is 0.430. The fourth-order valence-electron chi connectivity index (χ4n) is 2.58. The minimum Gasteiger partial charge on any atom is -0.480 e. The largest absolute Gasteiger partial charge is 0.480 e. The Labute approximate surface area is 115 Å². The van der Waals surface area contributed by atoms with Gasteiger partial charge < -0.3 is 5.11 Å². The Morgan fingerprint density at radius 2 is 2.32 bits per heavy atom. The maximum Gasteiger partial charge on any atom is 0.323 e. The molecule has 2 N–H and O–H groups in total. The summed E-state index contributed by atoms with van der Waals surface area (Å²) in [5.74, 6) is -0.724. The first-order chi connectivity index (χ1) is 9.09. The van der Waals surface area contributed by atoms with Crippen molar-refractivity contribution < 1.29 is 9.90 Å². The Morgan fingerprint density at radius 1 is 1.53 bits per heavy atom. The zero-order valence-corrected chi connectivity index (χ0v) is 11.6. The first-order valence-corrected chi connectivity index (χ1v) is 7.37. The molecule has 2 atom stereocenters. The Morgan fingerprint density at radius 3 is 2.89 bits per heavy atom. The number of aryl methyl sites for hydroxylation is 1. The van der Waals surface area contributed by atoms with E-state index in [-0.39, 0.29) is 5.25 Å². The average Bonchev–Trinajstić information content (AvgIpc) is 2.93. The zero-order chi connectivity index (χ0) is 13.5. The van der Waals surface area contributed by atoms with E-state index in [1.165, 1.54) is 0 Å². The van der Waals surface area contributed by atoms with Crippen LogP contribution in [0.1, 0.15) is 32.1 Å². The van der Waals surface area contributed by atoms with Gasteiger partial charge in [0.25, 0.3) is 0 Å². The van der Waals surface area contributed by atoms with E-state index in [0.717, 1.165) is 24.4 Å². The fourth-order valence-corrected chi connectivity index (χ4v) is 3.75. The maximum atomic E-state index is 11.6. The molecule has 19 heavy (non-hydrogen) atoms. The van der Waals surface area contributed by atoms with Crippen LogP contribution in [0.3, 0.4) is 0 Å². The van der Waals surface area contributed by atoms with Gasteiger partial charge in [0.2, 0.25) is 5.16 Å². The zero-order valence-electron chi connectivity index (χ0n) is 10.7. The number of hydrogen-bond donors (Lipinski definition) is 2. The first-order valence-electron chi connectivity index (χ1n) is 6.49. The van der Waals surface area contributed by atoms with Crippen molar-refractivity contribution in [3.8, 4) is 0 Å². The topological polar surface area (TPSA) is 92.9 Å². The molecule has 0 amide bonds. The van der Waals surface area contributed by atoms with Gasteiger partial charge in [-0.05, 0) is 42.5 Å². The second-order valence-electron chi connectivity index (χ2n) is 5.37. The third kappa shape index (κ3) is 2.59. The quantitative estimate of drug-likeness (QED) is 0.809. The summed E-state index contributed by atoms with van der Waals surface area (Å²) in [6, 6.07) is 0.399. The van der Waals surface area contributed by atoms with Crippen LogP contribution in [0.15, 0.2) is 5.16 Å². The second kappa shape index (κ2) is 4.75. The summed E-state index contributed by atoms with van der Waals surface area (Å²) in [5, 5.41) is 25.2. The number of aromatic nitrogens is 4. The molecule has 2 aliphatic carbocycles. The third-order valence-electron chi connectivity index (χ3n) is 3.79. The lowest BCUT2D eigenvalue weighted by Gasteiger charge is -2.25. The molecule has 0 saturated heterocycles. The maximum absolute atomic E-state index is 11.6. The molecule has 3 rings (SSSR count). The molecule has 0 aromatic carbocycles. The number of nitrogens with zero attached hydrogens (tertiary/aromatic N) is 4. The van der Waals surface area contributed by atoms with E-state index in [0.29, 0.717) is 18.9 Å². The Hall–Kier alpha value is -1.15. The van der Waals surface area contributed by atoms with Crippen LogP contribution in [0.5, 0.6) is 0 Å². The number of thioether (sulfide) groups is 1. The monoisotopic (exact) mass is 283 g/mol. The van der Waals surface area contributed by atoms with Crippen molar-refractivity contribution in [2.75, 3.05) is 0 Å². The van der Waals surface area contributed by atoms with Crippen molar-refractivity contribution in [3.05, 3.63) is 0 Å². The van der Waals surface area contributed by atoms with Gasteiger partial charge in [0.05, 0.1) is 0 Å². The van der Waals surface area contributed by atoms with Crippen molar-refractivity contribution in [2.24, 2.45) is 7.05 Å². The molecule has 1 aromatic heterocycles. The third-order valence-corrected chi connectivity index (χ3v) is 5.08. The molecular formula is C11H17N5O2S. The van der Waals surface area contributed by atoms with E-state index in [4.69, 9.17) is 0 Å².